The van der Waals surface area contributed by atoms with Crippen LogP contribution >= 0.6 is 31.9 Å². The van der Waals surface area contributed by atoms with E-state index in [1.165, 1.54) is 4.31 Å². The largest absolute Gasteiger partial charge is 0.244 e. The van der Waals surface area contributed by atoms with Gasteiger partial charge in [-0.2, -0.15) is 4.31 Å². The molecule has 0 spiro atoms. The summed E-state index contributed by atoms with van der Waals surface area (Å²) in [6.45, 7) is 2.25. The van der Waals surface area contributed by atoms with E-state index >= 15 is 0 Å². The lowest BCUT2D eigenvalue weighted by Crippen LogP contribution is -2.26. The molecule has 6 heteroatoms. The van der Waals surface area contributed by atoms with Crippen LogP contribution in [0, 0.1) is 6.92 Å². The van der Waals surface area contributed by atoms with Crippen molar-refractivity contribution in [2.45, 2.75) is 18.4 Å². The maximum atomic E-state index is 12.7. The molecule has 0 amide bonds. The molecule has 0 aliphatic carbocycles. The molecule has 0 atom stereocenters. The second-order valence-electron chi connectivity index (χ2n) is 4.78. The van der Waals surface area contributed by atoms with Gasteiger partial charge < -0.3 is 0 Å². The number of benzene rings is 2. The number of sulfonamides is 1. The van der Waals surface area contributed by atoms with Crippen LogP contribution in [0.1, 0.15) is 11.1 Å². The van der Waals surface area contributed by atoms with Crippen molar-refractivity contribution in [3.05, 3.63) is 62.5 Å². The van der Waals surface area contributed by atoms with Crippen LogP contribution in [0.5, 0.6) is 0 Å². The van der Waals surface area contributed by atoms with Crippen LogP contribution in [-0.2, 0) is 16.6 Å². The van der Waals surface area contributed by atoms with Gasteiger partial charge in [0.25, 0.3) is 0 Å². The fourth-order valence-corrected chi connectivity index (χ4v) is 4.71. The molecule has 0 saturated heterocycles. The zero-order valence-electron chi connectivity index (χ0n) is 11.7. The van der Waals surface area contributed by atoms with Gasteiger partial charge in [0.05, 0.1) is 4.90 Å². The van der Waals surface area contributed by atoms with Crippen molar-refractivity contribution in [2.75, 3.05) is 7.05 Å². The maximum Gasteiger partial charge on any atom is 0.244 e. The molecular formula is C15H15Br2NO2S. The van der Waals surface area contributed by atoms with E-state index in [0.29, 0.717) is 11.0 Å². The lowest BCUT2D eigenvalue weighted by Gasteiger charge is -2.19. The highest BCUT2D eigenvalue weighted by atomic mass is 79.9. The molecule has 0 unspecified atom stereocenters. The molecule has 21 heavy (non-hydrogen) atoms. The van der Waals surface area contributed by atoms with Gasteiger partial charge in [0.15, 0.2) is 0 Å². The number of halogens is 2. The Morgan fingerprint density at radius 2 is 1.67 bits per heavy atom. The molecule has 0 aliphatic heterocycles. The van der Waals surface area contributed by atoms with Crippen molar-refractivity contribution in [2.24, 2.45) is 0 Å². The van der Waals surface area contributed by atoms with E-state index in [2.05, 4.69) is 31.9 Å². The van der Waals surface area contributed by atoms with E-state index in [4.69, 9.17) is 0 Å². The van der Waals surface area contributed by atoms with Gasteiger partial charge in [0, 0.05) is 22.5 Å². The number of hydrogen-bond acceptors (Lipinski definition) is 2. The molecule has 3 nitrogen and oxygen atoms in total. The van der Waals surface area contributed by atoms with Gasteiger partial charge in [-0.3, -0.25) is 0 Å². The second-order valence-corrected chi connectivity index (χ2v) is 8.50. The average Bonchev–Trinajstić information content (AvgIpc) is 2.43. The van der Waals surface area contributed by atoms with Crippen molar-refractivity contribution >= 4 is 41.9 Å². The lowest BCUT2D eigenvalue weighted by molar-refractivity contribution is 0.466. The molecule has 112 valence electrons. The smallest absolute Gasteiger partial charge is 0.207 e. The summed E-state index contributed by atoms with van der Waals surface area (Å²) in [4.78, 5) is 0.262. The zero-order chi connectivity index (χ0) is 15.6. The zero-order valence-corrected chi connectivity index (χ0v) is 15.7. The number of rotatable bonds is 4. The predicted molar refractivity (Wildman–Crippen MR) is 91.7 cm³/mol. The molecule has 2 aromatic rings. The van der Waals surface area contributed by atoms with Crippen LogP contribution in [0.3, 0.4) is 0 Å². The Labute approximate surface area is 142 Å². The fourth-order valence-electron chi connectivity index (χ4n) is 1.92. The van der Waals surface area contributed by atoms with Crippen molar-refractivity contribution in [1.29, 1.82) is 0 Å². The third kappa shape index (κ3) is 3.74. The quantitative estimate of drug-likeness (QED) is 0.720. The monoisotopic (exact) mass is 431 g/mol. The second kappa shape index (κ2) is 6.60. The molecule has 0 aliphatic rings. The van der Waals surface area contributed by atoms with Gasteiger partial charge in [-0.05, 0) is 46.1 Å². The first-order valence-electron chi connectivity index (χ1n) is 6.28. The minimum absolute atomic E-state index is 0.262. The summed E-state index contributed by atoms with van der Waals surface area (Å²) < 4.78 is 28.1. The molecule has 0 aromatic heterocycles. The van der Waals surface area contributed by atoms with Crippen molar-refractivity contribution in [3.8, 4) is 0 Å². The number of aryl methyl sites for hydroxylation is 1. The molecular weight excluding hydrogens is 418 g/mol. The Morgan fingerprint density at radius 3 is 2.29 bits per heavy atom. The normalized spacial score (nSPS) is 11.9. The van der Waals surface area contributed by atoms with Crippen LogP contribution in [0.2, 0.25) is 0 Å². The van der Waals surface area contributed by atoms with Crippen LogP contribution in [0.25, 0.3) is 0 Å². The minimum Gasteiger partial charge on any atom is -0.207 e. The summed E-state index contributed by atoms with van der Waals surface area (Å²) in [5.74, 6) is 0. The Hall–Kier alpha value is -0.690. The van der Waals surface area contributed by atoms with Gasteiger partial charge in [-0.25, -0.2) is 8.42 Å². The van der Waals surface area contributed by atoms with E-state index in [-0.39, 0.29) is 4.90 Å². The molecule has 2 rings (SSSR count). The SMILES string of the molecule is Cc1cc(Br)c(S(=O)(=O)N(C)Cc2ccccc2)cc1Br. The van der Waals surface area contributed by atoms with Crippen LogP contribution < -0.4 is 0 Å². The van der Waals surface area contributed by atoms with Crippen molar-refractivity contribution in [1.82, 2.24) is 4.31 Å². The molecule has 0 bridgehead atoms. The molecule has 0 N–H and O–H groups in total. The van der Waals surface area contributed by atoms with E-state index in [0.717, 1.165) is 15.6 Å². The average molecular weight is 433 g/mol. The summed E-state index contributed by atoms with van der Waals surface area (Å²) >= 11 is 6.73. The van der Waals surface area contributed by atoms with Gasteiger partial charge >= 0.3 is 0 Å². The maximum absolute atomic E-state index is 12.7. The highest BCUT2D eigenvalue weighted by Crippen LogP contribution is 2.30. The summed E-state index contributed by atoms with van der Waals surface area (Å²) in [5.41, 5.74) is 1.93. The summed E-state index contributed by atoms with van der Waals surface area (Å²) in [6, 6.07) is 13.0. The first-order valence-corrected chi connectivity index (χ1v) is 9.31. The van der Waals surface area contributed by atoms with Gasteiger partial charge in [0.2, 0.25) is 10.0 Å². The van der Waals surface area contributed by atoms with Gasteiger partial charge in [-0.1, -0.05) is 46.3 Å². The molecule has 0 radical (unpaired) electrons. The van der Waals surface area contributed by atoms with E-state index < -0.39 is 10.0 Å². The molecule has 0 saturated carbocycles. The first kappa shape index (κ1) is 16.7. The topological polar surface area (TPSA) is 37.4 Å². The van der Waals surface area contributed by atoms with Gasteiger partial charge in [-0.15, -0.1) is 0 Å². The van der Waals surface area contributed by atoms with E-state index in [1.807, 2.05) is 37.3 Å². The van der Waals surface area contributed by atoms with Crippen LogP contribution in [-0.4, -0.2) is 19.8 Å². The summed E-state index contributed by atoms with van der Waals surface area (Å²) in [5, 5.41) is 0. The Kier molecular flexibility index (Phi) is 5.24. The Morgan fingerprint density at radius 1 is 1.05 bits per heavy atom. The number of hydrogen-bond donors (Lipinski definition) is 0. The third-order valence-electron chi connectivity index (χ3n) is 3.15. The van der Waals surface area contributed by atoms with Gasteiger partial charge in [0.1, 0.15) is 0 Å². The summed E-state index contributed by atoms with van der Waals surface area (Å²) in [6.07, 6.45) is 0. The standard InChI is InChI=1S/C15H15Br2NO2S/c1-11-8-14(17)15(9-13(11)16)21(19,20)18(2)10-12-6-4-3-5-7-12/h3-9H,10H2,1-2H3. The Balaban J connectivity index is 2.36. The molecule has 2 aromatic carbocycles. The molecule has 0 fully saturated rings. The van der Waals surface area contributed by atoms with Crippen molar-refractivity contribution in [3.63, 3.8) is 0 Å². The fraction of sp³-hybridized carbons (Fsp3) is 0.200. The third-order valence-corrected chi connectivity index (χ3v) is 6.77. The van der Waals surface area contributed by atoms with E-state index in [1.54, 1.807) is 19.2 Å². The minimum atomic E-state index is -3.55. The highest BCUT2D eigenvalue weighted by Gasteiger charge is 2.24. The summed E-state index contributed by atoms with van der Waals surface area (Å²) in [7, 11) is -1.96. The van der Waals surface area contributed by atoms with Crippen LogP contribution in [0.4, 0.5) is 0 Å². The Bertz CT molecular complexity index is 746. The highest BCUT2D eigenvalue weighted by molar-refractivity contribution is 9.11. The molecule has 0 heterocycles. The lowest BCUT2D eigenvalue weighted by atomic mass is 10.2. The number of nitrogens with zero attached hydrogens (tertiary/aromatic N) is 1. The van der Waals surface area contributed by atoms with E-state index in [9.17, 15) is 8.42 Å². The predicted octanol–water partition coefficient (Wildman–Crippen LogP) is 4.34. The first-order chi connectivity index (χ1) is 9.82. The van der Waals surface area contributed by atoms with Crippen LogP contribution in [0.15, 0.2) is 56.3 Å². The van der Waals surface area contributed by atoms with Crippen molar-refractivity contribution < 1.29 is 8.42 Å².